The third-order valence-electron chi connectivity index (χ3n) is 4.60. The molecule has 2 heteroatoms. The lowest BCUT2D eigenvalue weighted by Gasteiger charge is -2.30. The van der Waals surface area contributed by atoms with Crippen LogP contribution in [0.1, 0.15) is 49.3 Å². The Kier molecular flexibility index (Phi) is 6.10. The van der Waals surface area contributed by atoms with E-state index < -0.39 is 0 Å². The van der Waals surface area contributed by atoms with Gasteiger partial charge in [0.1, 0.15) is 5.75 Å². The van der Waals surface area contributed by atoms with Crippen molar-refractivity contribution in [3.63, 3.8) is 0 Å². The first-order valence-electron chi connectivity index (χ1n) is 8.49. The Morgan fingerprint density at radius 1 is 1.05 bits per heavy atom. The van der Waals surface area contributed by atoms with E-state index in [2.05, 4.69) is 44.7 Å². The molecule has 0 saturated carbocycles. The van der Waals surface area contributed by atoms with Gasteiger partial charge in [0.15, 0.2) is 0 Å². The van der Waals surface area contributed by atoms with Crippen LogP contribution in [-0.4, -0.2) is 31.1 Å². The molecule has 1 aromatic rings. The number of likely N-dealkylation sites (tertiary alicyclic amines) is 1. The summed E-state index contributed by atoms with van der Waals surface area (Å²) in [4.78, 5) is 2.61. The monoisotopic (exact) mass is 289 g/mol. The van der Waals surface area contributed by atoms with E-state index in [0.717, 1.165) is 24.7 Å². The fraction of sp³-hybridized carbons (Fsp3) is 0.684. The van der Waals surface area contributed by atoms with Crippen molar-refractivity contribution in [2.75, 3.05) is 26.2 Å². The zero-order valence-electron chi connectivity index (χ0n) is 14.2. The summed E-state index contributed by atoms with van der Waals surface area (Å²) in [7, 11) is 0. The molecule has 21 heavy (non-hydrogen) atoms. The molecular formula is C19H31NO. The van der Waals surface area contributed by atoms with Crippen LogP contribution in [0, 0.1) is 26.7 Å². The van der Waals surface area contributed by atoms with Crippen molar-refractivity contribution in [3.05, 3.63) is 28.8 Å². The van der Waals surface area contributed by atoms with Gasteiger partial charge in [-0.25, -0.2) is 0 Å². The van der Waals surface area contributed by atoms with Gasteiger partial charge in [-0.2, -0.15) is 0 Å². The second kappa shape index (κ2) is 7.84. The molecule has 1 fully saturated rings. The summed E-state index contributed by atoms with van der Waals surface area (Å²) in [6.45, 7) is 13.5. The lowest BCUT2D eigenvalue weighted by molar-refractivity contribution is 0.184. The van der Waals surface area contributed by atoms with Gasteiger partial charge in [-0.05, 0) is 83.1 Å². The molecule has 0 unspecified atom stereocenters. The SMILES string of the molecule is Cc1cc(C)c(OCCCCN2CCC(C)CC2)c(C)c1. The molecule has 0 spiro atoms. The molecule has 1 saturated heterocycles. The molecular weight excluding hydrogens is 258 g/mol. The van der Waals surface area contributed by atoms with Gasteiger partial charge < -0.3 is 9.64 Å². The smallest absolute Gasteiger partial charge is 0.125 e. The van der Waals surface area contributed by atoms with Gasteiger partial charge in [0, 0.05) is 0 Å². The van der Waals surface area contributed by atoms with E-state index in [1.54, 1.807) is 0 Å². The summed E-state index contributed by atoms with van der Waals surface area (Å²) in [5.41, 5.74) is 3.84. The molecule has 0 aliphatic carbocycles. The van der Waals surface area contributed by atoms with Gasteiger partial charge in [-0.3, -0.25) is 0 Å². The molecule has 0 aromatic heterocycles. The summed E-state index contributed by atoms with van der Waals surface area (Å²) < 4.78 is 6.01. The van der Waals surface area contributed by atoms with E-state index in [9.17, 15) is 0 Å². The van der Waals surface area contributed by atoms with Gasteiger partial charge in [-0.15, -0.1) is 0 Å². The number of unbranched alkanes of at least 4 members (excludes halogenated alkanes) is 1. The summed E-state index contributed by atoms with van der Waals surface area (Å²) in [5, 5.41) is 0. The highest BCUT2D eigenvalue weighted by Crippen LogP contribution is 2.24. The topological polar surface area (TPSA) is 12.5 Å². The van der Waals surface area contributed by atoms with Crippen molar-refractivity contribution in [2.45, 2.75) is 53.4 Å². The van der Waals surface area contributed by atoms with E-state index in [-0.39, 0.29) is 0 Å². The second-order valence-corrected chi connectivity index (χ2v) is 6.81. The quantitative estimate of drug-likeness (QED) is 0.715. The highest BCUT2D eigenvalue weighted by atomic mass is 16.5. The van der Waals surface area contributed by atoms with E-state index in [0.29, 0.717) is 0 Å². The first kappa shape index (κ1) is 16.4. The van der Waals surface area contributed by atoms with Crippen molar-refractivity contribution in [2.24, 2.45) is 5.92 Å². The number of rotatable bonds is 6. The molecule has 2 nitrogen and oxygen atoms in total. The summed E-state index contributed by atoms with van der Waals surface area (Å²) in [5.74, 6) is 2.02. The minimum atomic E-state index is 0.842. The second-order valence-electron chi connectivity index (χ2n) is 6.81. The van der Waals surface area contributed by atoms with Crippen molar-refractivity contribution in [3.8, 4) is 5.75 Å². The summed E-state index contributed by atoms with van der Waals surface area (Å²) in [6.07, 6.45) is 5.15. The third kappa shape index (κ3) is 5.03. The molecule has 1 aromatic carbocycles. The van der Waals surface area contributed by atoms with Crippen LogP contribution >= 0.6 is 0 Å². The Labute approximate surface area is 130 Å². The maximum absolute atomic E-state index is 6.01. The normalized spacial score (nSPS) is 17.1. The summed E-state index contributed by atoms with van der Waals surface area (Å²) >= 11 is 0. The maximum atomic E-state index is 6.01. The standard InChI is InChI=1S/C19H31NO/c1-15-7-10-20(11-8-15)9-5-6-12-21-19-17(3)13-16(2)14-18(19)4/h13-15H,5-12H2,1-4H3. The minimum Gasteiger partial charge on any atom is -0.493 e. The van der Waals surface area contributed by atoms with Gasteiger partial charge in [-0.1, -0.05) is 24.6 Å². The number of hydrogen-bond donors (Lipinski definition) is 0. The fourth-order valence-corrected chi connectivity index (χ4v) is 3.29. The predicted molar refractivity (Wildman–Crippen MR) is 90.2 cm³/mol. The van der Waals surface area contributed by atoms with E-state index in [1.165, 1.54) is 55.6 Å². The van der Waals surface area contributed by atoms with Gasteiger partial charge in [0.25, 0.3) is 0 Å². The van der Waals surface area contributed by atoms with Crippen LogP contribution in [0.25, 0.3) is 0 Å². The number of ether oxygens (including phenoxy) is 1. The Hall–Kier alpha value is -1.02. The van der Waals surface area contributed by atoms with Crippen LogP contribution in [0.5, 0.6) is 5.75 Å². The molecule has 0 amide bonds. The highest BCUT2D eigenvalue weighted by Gasteiger charge is 2.14. The molecule has 0 radical (unpaired) electrons. The Morgan fingerprint density at radius 2 is 1.67 bits per heavy atom. The van der Waals surface area contributed by atoms with Crippen molar-refractivity contribution in [1.29, 1.82) is 0 Å². The van der Waals surface area contributed by atoms with Crippen LogP contribution < -0.4 is 4.74 Å². The van der Waals surface area contributed by atoms with Gasteiger partial charge in [0.2, 0.25) is 0 Å². The van der Waals surface area contributed by atoms with Crippen molar-refractivity contribution < 1.29 is 4.74 Å². The van der Waals surface area contributed by atoms with Crippen molar-refractivity contribution in [1.82, 2.24) is 4.90 Å². The van der Waals surface area contributed by atoms with Crippen molar-refractivity contribution >= 4 is 0 Å². The fourth-order valence-electron chi connectivity index (χ4n) is 3.29. The Bertz CT molecular complexity index is 424. The number of hydrogen-bond acceptors (Lipinski definition) is 2. The highest BCUT2D eigenvalue weighted by molar-refractivity contribution is 5.42. The average molecular weight is 289 g/mol. The molecule has 118 valence electrons. The van der Waals surface area contributed by atoms with E-state index in [1.807, 2.05) is 0 Å². The minimum absolute atomic E-state index is 0.842. The number of benzene rings is 1. The third-order valence-corrected chi connectivity index (χ3v) is 4.60. The van der Waals surface area contributed by atoms with Gasteiger partial charge >= 0.3 is 0 Å². The molecule has 1 aliphatic rings. The van der Waals surface area contributed by atoms with E-state index >= 15 is 0 Å². The lowest BCUT2D eigenvalue weighted by Crippen LogP contribution is -2.33. The summed E-state index contributed by atoms with van der Waals surface area (Å²) in [6, 6.07) is 4.41. The molecule has 0 N–H and O–H groups in total. The molecule has 0 bridgehead atoms. The first-order valence-corrected chi connectivity index (χ1v) is 8.49. The van der Waals surface area contributed by atoms with Crippen LogP contribution in [0.3, 0.4) is 0 Å². The largest absolute Gasteiger partial charge is 0.493 e. The zero-order chi connectivity index (χ0) is 15.2. The molecule has 2 rings (SSSR count). The first-order chi connectivity index (χ1) is 10.1. The zero-order valence-corrected chi connectivity index (χ0v) is 14.2. The predicted octanol–water partition coefficient (Wildman–Crippen LogP) is 4.50. The van der Waals surface area contributed by atoms with E-state index in [4.69, 9.17) is 4.74 Å². The Balaban J connectivity index is 1.66. The number of piperidine rings is 1. The van der Waals surface area contributed by atoms with Crippen LogP contribution in [0.15, 0.2) is 12.1 Å². The van der Waals surface area contributed by atoms with Crippen LogP contribution in [-0.2, 0) is 0 Å². The number of aryl methyl sites for hydroxylation is 3. The Morgan fingerprint density at radius 3 is 2.29 bits per heavy atom. The molecule has 1 aliphatic heterocycles. The molecule has 0 atom stereocenters. The lowest BCUT2D eigenvalue weighted by atomic mass is 9.99. The van der Waals surface area contributed by atoms with Crippen LogP contribution in [0.4, 0.5) is 0 Å². The number of nitrogens with zero attached hydrogens (tertiary/aromatic N) is 1. The van der Waals surface area contributed by atoms with Crippen LogP contribution in [0.2, 0.25) is 0 Å². The van der Waals surface area contributed by atoms with Gasteiger partial charge in [0.05, 0.1) is 6.61 Å². The maximum Gasteiger partial charge on any atom is 0.125 e. The molecule has 1 heterocycles. The average Bonchev–Trinajstić information content (AvgIpc) is 2.43.